The average Bonchev–Trinajstić information content (AvgIpc) is 3.40. The van der Waals surface area contributed by atoms with Crippen LogP contribution in [-0.2, 0) is 15.7 Å². The highest BCUT2D eigenvalue weighted by Crippen LogP contribution is 2.29. The summed E-state index contributed by atoms with van der Waals surface area (Å²) in [7, 11) is 0. The van der Waals surface area contributed by atoms with Crippen molar-refractivity contribution in [1.29, 1.82) is 0 Å². The topological polar surface area (TPSA) is 115 Å². The lowest BCUT2D eigenvalue weighted by atomic mass is 9.96. The summed E-state index contributed by atoms with van der Waals surface area (Å²) in [5, 5.41) is 15.2. The molecule has 14 heteroatoms. The fourth-order valence-electron chi connectivity index (χ4n) is 3.33. The molecule has 1 aliphatic rings. The minimum absolute atomic E-state index is 0.000902. The highest BCUT2D eigenvalue weighted by Gasteiger charge is 2.38. The lowest BCUT2D eigenvalue weighted by molar-refractivity contribution is -0.146. The molecule has 0 atom stereocenters. The monoisotopic (exact) mass is 469 g/mol. The van der Waals surface area contributed by atoms with Gasteiger partial charge in [-0.2, -0.15) is 17.7 Å². The van der Waals surface area contributed by atoms with Crippen molar-refractivity contribution in [3.05, 3.63) is 29.0 Å². The molecule has 10 nitrogen and oxygen atoms in total. The van der Waals surface area contributed by atoms with Crippen LogP contribution < -0.4 is 10.2 Å². The molecule has 1 amide bonds. The maximum absolute atomic E-state index is 13.1. The Hall–Kier alpha value is -3.29. The van der Waals surface area contributed by atoms with E-state index in [1.54, 1.807) is 13.0 Å². The number of halogens is 3. The minimum atomic E-state index is -4.67. The molecule has 1 fully saturated rings. The number of alkyl halides is 3. The van der Waals surface area contributed by atoms with Gasteiger partial charge in [-0.25, -0.2) is 9.78 Å². The summed E-state index contributed by atoms with van der Waals surface area (Å²) >= 11 is 1.13. The second-order valence-electron chi connectivity index (χ2n) is 6.99. The first-order chi connectivity index (χ1) is 15.3. The molecule has 0 spiro atoms. The highest BCUT2D eigenvalue weighted by molar-refractivity contribution is 7.14. The Morgan fingerprint density at radius 3 is 2.69 bits per heavy atom. The summed E-state index contributed by atoms with van der Waals surface area (Å²) in [4.78, 5) is 30.1. The number of esters is 1. The summed E-state index contributed by atoms with van der Waals surface area (Å²) in [5.41, 5.74) is 0.136. The van der Waals surface area contributed by atoms with Gasteiger partial charge in [-0.1, -0.05) is 0 Å². The van der Waals surface area contributed by atoms with Gasteiger partial charge in [0.05, 0.1) is 6.61 Å². The Bertz CT molecular complexity index is 1140. The zero-order chi connectivity index (χ0) is 22.9. The Balaban J connectivity index is 1.38. The van der Waals surface area contributed by atoms with Crippen molar-refractivity contribution in [3.8, 4) is 0 Å². The number of carbonyl (C=O) groups is 2. The maximum Gasteiger partial charge on any atom is 0.453 e. The number of anilines is 2. The standard InChI is InChI=1S/C18H18F3N7O3S/c1-2-31-15(30)11-9-32-17(22-11)23-14(29)10-5-7-27(8-6-10)13-4-3-12-24-25-16(18(19,20)21)28(12)26-13/h3-4,9-10H,2,5-8H2,1H3,(H,22,23,29). The van der Waals surface area contributed by atoms with Crippen LogP contribution >= 0.6 is 11.3 Å². The van der Waals surface area contributed by atoms with Crippen LogP contribution in [-0.4, -0.2) is 56.4 Å². The van der Waals surface area contributed by atoms with Crippen molar-refractivity contribution in [2.75, 3.05) is 29.9 Å². The zero-order valence-electron chi connectivity index (χ0n) is 16.8. The number of ether oxygens (including phenoxy) is 1. The number of hydrogen-bond donors (Lipinski definition) is 1. The third-order valence-corrected chi connectivity index (χ3v) is 5.67. The summed E-state index contributed by atoms with van der Waals surface area (Å²) in [6.07, 6.45) is -3.70. The molecule has 0 unspecified atom stereocenters. The summed E-state index contributed by atoms with van der Waals surface area (Å²) in [6.45, 7) is 2.79. The van der Waals surface area contributed by atoms with E-state index in [0.29, 0.717) is 41.4 Å². The predicted molar refractivity (Wildman–Crippen MR) is 107 cm³/mol. The molecule has 0 saturated carbocycles. The van der Waals surface area contributed by atoms with Crippen molar-refractivity contribution in [3.63, 3.8) is 0 Å². The number of aromatic nitrogens is 5. The molecule has 4 rings (SSSR count). The van der Waals surface area contributed by atoms with E-state index >= 15 is 0 Å². The lowest BCUT2D eigenvalue weighted by Gasteiger charge is -2.31. The van der Waals surface area contributed by atoms with Gasteiger partial charge in [-0.15, -0.1) is 26.6 Å². The molecular weight excluding hydrogens is 451 g/mol. The van der Waals surface area contributed by atoms with Gasteiger partial charge >= 0.3 is 12.1 Å². The molecule has 3 aromatic heterocycles. The molecule has 4 heterocycles. The van der Waals surface area contributed by atoms with Crippen LogP contribution in [0.2, 0.25) is 0 Å². The Morgan fingerprint density at radius 1 is 1.25 bits per heavy atom. The molecule has 1 saturated heterocycles. The maximum atomic E-state index is 13.1. The van der Waals surface area contributed by atoms with Gasteiger partial charge < -0.3 is 15.0 Å². The van der Waals surface area contributed by atoms with E-state index in [-0.39, 0.29) is 29.8 Å². The van der Waals surface area contributed by atoms with Crippen LogP contribution in [0.15, 0.2) is 17.5 Å². The van der Waals surface area contributed by atoms with Gasteiger partial charge in [0.15, 0.2) is 16.5 Å². The van der Waals surface area contributed by atoms with E-state index in [0.717, 1.165) is 11.3 Å². The van der Waals surface area contributed by atoms with E-state index in [9.17, 15) is 22.8 Å². The third kappa shape index (κ3) is 4.49. The molecular formula is C18H18F3N7O3S. The smallest absolute Gasteiger partial charge is 0.453 e. The second kappa shape index (κ2) is 8.68. The van der Waals surface area contributed by atoms with E-state index in [1.807, 2.05) is 4.90 Å². The number of carbonyl (C=O) groups excluding carboxylic acids is 2. The Labute approximate surface area is 183 Å². The molecule has 0 radical (unpaired) electrons. The number of rotatable bonds is 5. The first-order valence-electron chi connectivity index (χ1n) is 9.74. The molecule has 0 bridgehead atoms. The first-order valence-corrected chi connectivity index (χ1v) is 10.6. The van der Waals surface area contributed by atoms with Crippen LogP contribution in [0.4, 0.5) is 24.1 Å². The highest BCUT2D eigenvalue weighted by atomic mass is 32.1. The third-order valence-electron chi connectivity index (χ3n) is 4.91. The van der Waals surface area contributed by atoms with Gasteiger partial charge in [-0.3, -0.25) is 4.79 Å². The molecule has 0 aliphatic carbocycles. The molecule has 1 aliphatic heterocycles. The van der Waals surface area contributed by atoms with Crippen molar-refractivity contribution in [2.45, 2.75) is 25.9 Å². The number of fused-ring (bicyclic) bond motifs is 1. The van der Waals surface area contributed by atoms with Gasteiger partial charge in [0.2, 0.25) is 5.91 Å². The van der Waals surface area contributed by atoms with Gasteiger partial charge in [0.25, 0.3) is 5.82 Å². The number of piperidine rings is 1. The fraction of sp³-hybridized carbons (Fsp3) is 0.444. The number of nitrogens with zero attached hydrogens (tertiary/aromatic N) is 6. The quantitative estimate of drug-likeness (QED) is 0.568. The van der Waals surface area contributed by atoms with Crippen molar-refractivity contribution in [1.82, 2.24) is 24.8 Å². The summed E-state index contributed by atoms with van der Waals surface area (Å²) < 4.78 is 44.8. The van der Waals surface area contributed by atoms with Gasteiger partial charge in [0.1, 0.15) is 5.82 Å². The second-order valence-corrected chi connectivity index (χ2v) is 7.85. The van der Waals surface area contributed by atoms with E-state index in [4.69, 9.17) is 4.74 Å². The zero-order valence-corrected chi connectivity index (χ0v) is 17.6. The Morgan fingerprint density at radius 2 is 2.00 bits per heavy atom. The van der Waals surface area contributed by atoms with Crippen molar-refractivity contribution < 1.29 is 27.5 Å². The van der Waals surface area contributed by atoms with E-state index in [1.165, 1.54) is 11.4 Å². The van der Waals surface area contributed by atoms with E-state index < -0.39 is 18.0 Å². The number of thiazole rings is 1. The van der Waals surface area contributed by atoms with Crippen LogP contribution in [0.25, 0.3) is 5.65 Å². The first kappa shape index (κ1) is 21.9. The number of hydrogen-bond acceptors (Lipinski definition) is 9. The van der Waals surface area contributed by atoms with Crippen molar-refractivity contribution in [2.24, 2.45) is 5.92 Å². The predicted octanol–water partition coefficient (Wildman–Crippen LogP) is 2.63. The summed E-state index contributed by atoms with van der Waals surface area (Å²) in [5.74, 6) is -1.92. The average molecular weight is 469 g/mol. The summed E-state index contributed by atoms with van der Waals surface area (Å²) in [6, 6.07) is 3.00. The SMILES string of the molecule is CCOC(=O)c1csc(NC(=O)C2CCN(c3ccc4nnc(C(F)(F)F)n4n3)CC2)n1. The molecule has 0 aromatic carbocycles. The normalized spacial score (nSPS) is 15.2. The molecule has 3 aromatic rings. The number of nitrogens with one attached hydrogen (secondary N) is 1. The van der Waals surface area contributed by atoms with Crippen LogP contribution in [0.5, 0.6) is 0 Å². The van der Waals surface area contributed by atoms with Crippen LogP contribution in [0.1, 0.15) is 36.1 Å². The Kier molecular flexibility index (Phi) is 5.95. The van der Waals surface area contributed by atoms with Crippen molar-refractivity contribution >= 4 is 39.8 Å². The van der Waals surface area contributed by atoms with Crippen LogP contribution in [0, 0.1) is 5.92 Å². The van der Waals surface area contributed by atoms with Crippen LogP contribution in [0.3, 0.4) is 0 Å². The fourth-order valence-corrected chi connectivity index (χ4v) is 4.02. The van der Waals surface area contributed by atoms with E-state index in [2.05, 4.69) is 25.6 Å². The largest absolute Gasteiger partial charge is 0.461 e. The molecule has 170 valence electrons. The van der Waals surface area contributed by atoms with Gasteiger partial charge in [-0.05, 0) is 31.9 Å². The molecule has 32 heavy (non-hydrogen) atoms. The lowest BCUT2D eigenvalue weighted by Crippen LogP contribution is -2.38. The minimum Gasteiger partial charge on any atom is -0.461 e. The van der Waals surface area contributed by atoms with Gasteiger partial charge in [0, 0.05) is 24.4 Å². The molecule has 1 N–H and O–H groups in total. The number of amides is 1.